The van der Waals surface area contributed by atoms with E-state index in [1.807, 2.05) is 31.2 Å². The van der Waals surface area contributed by atoms with Crippen molar-refractivity contribution in [3.63, 3.8) is 0 Å². The first-order valence-electron chi connectivity index (χ1n) is 12.0. The van der Waals surface area contributed by atoms with Crippen molar-refractivity contribution in [2.24, 2.45) is 11.3 Å². The van der Waals surface area contributed by atoms with Crippen LogP contribution in [0.15, 0.2) is 48.5 Å². The molecule has 2 amide bonds. The van der Waals surface area contributed by atoms with Crippen LogP contribution < -0.4 is 10.6 Å². The predicted octanol–water partition coefficient (Wildman–Crippen LogP) is 3.55. The average Bonchev–Trinajstić information content (AvgIpc) is 3.38. The third-order valence-corrected chi connectivity index (χ3v) is 7.20. The molecule has 2 aromatic carbocycles. The first-order chi connectivity index (χ1) is 16.8. The lowest BCUT2D eigenvalue weighted by Gasteiger charge is -2.29. The van der Waals surface area contributed by atoms with E-state index in [4.69, 9.17) is 14.6 Å². The Kier molecular flexibility index (Phi) is 7.40. The van der Waals surface area contributed by atoms with E-state index in [-0.39, 0.29) is 50.5 Å². The summed E-state index contributed by atoms with van der Waals surface area (Å²) in [5.41, 5.74) is 3.58. The van der Waals surface area contributed by atoms with Crippen molar-refractivity contribution in [2.75, 3.05) is 26.4 Å². The van der Waals surface area contributed by atoms with Crippen LogP contribution >= 0.6 is 0 Å². The molecule has 8 heteroatoms. The Bertz CT molecular complexity index is 1060. The Morgan fingerprint density at radius 3 is 2.34 bits per heavy atom. The second-order valence-electron chi connectivity index (χ2n) is 9.54. The molecule has 1 fully saturated rings. The van der Waals surface area contributed by atoms with Gasteiger partial charge >= 0.3 is 12.1 Å². The van der Waals surface area contributed by atoms with Gasteiger partial charge in [-0.05, 0) is 35.1 Å². The minimum atomic E-state index is -0.979. The highest BCUT2D eigenvalue weighted by Crippen LogP contribution is 2.44. The molecule has 3 unspecified atom stereocenters. The number of hydrogen-bond acceptors (Lipinski definition) is 5. The Morgan fingerprint density at radius 2 is 1.74 bits per heavy atom. The molecule has 186 valence electrons. The molecule has 0 aromatic heterocycles. The molecule has 3 N–H and O–H groups in total. The molecule has 2 aromatic rings. The molecule has 3 atom stereocenters. The van der Waals surface area contributed by atoms with Gasteiger partial charge in [0.1, 0.15) is 6.61 Å². The summed E-state index contributed by atoms with van der Waals surface area (Å²) in [6.45, 7) is 4.42. The van der Waals surface area contributed by atoms with Crippen molar-refractivity contribution in [1.29, 1.82) is 0 Å². The van der Waals surface area contributed by atoms with Crippen LogP contribution in [-0.4, -0.2) is 55.5 Å². The molecule has 1 saturated heterocycles. The van der Waals surface area contributed by atoms with Gasteiger partial charge in [-0.25, -0.2) is 4.79 Å². The summed E-state index contributed by atoms with van der Waals surface area (Å²) < 4.78 is 11.2. The van der Waals surface area contributed by atoms with Gasteiger partial charge in [0.05, 0.1) is 24.7 Å². The van der Waals surface area contributed by atoms with Crippen LogP contribution in [0.5, 0.6) is 0 Å². The molecule has 35 heavy (non-hydrogen) atoms. The minimum absolute atomic E-state index is 0.00851. The maximum absolute atomic E-state index is 13.0. The van der Waals surface area contributed by atoms with Crippen LogP contribution in [0.2, 0.25) is 0 Å². The van der Waals surface area contributed by atoms with Crippen LogP contribution in [0.25, 0.3) is 11.1 Å². The lowest BCUT2D eigenvalue weighted by molar-refractivity contribution is -0.138. The molecule has 1 aliphatic heterocycles. The van der Waals surface area contributed by atoms with Gasteiger partial charge in [0.2, 0.25) is 5.91 Å². The highest BCUT2D eigenvalue weighted by atomic mass is 16.5. The van der Waals surface area contributed by atoms with Crippen molar-refractivity contribution in [3.8, 4) is 11.1 Å². The Labute approximate surface area is 205 Å². The number of carboxylic acid groups (broad SMARTS) is 1. The monoisotopic (exact) mass is 480 g/mol. The third-order valence-electron chi connectivity index (χ3n) is 7.20. The number of fused-ring (bicyclic) bond motifs is 3. The zero-order chi connectivity index (χ0) is 25.0. The standard InChI is InChI=1S/C27H32N2O6/c1-3-17(12-24(30)31)13-28-25(32)27(2)16-34-15-23(27)29-26(33)35-14-22-20-10-6-4-8-18(20)19-9-5-7-11-21(19)22/h4-11,17,22-23H,3,12-16H2,1-2H3,(H,28,32)(H,29,33)(H,30,31). The van der Waals surface area contributed by atoms with Crippen LogP contribution in [0.1, 0.15) is 43.7 Å². The summed E-state index contributed by atoms with van der Waals surface area (Å²) in [5, 5.41) is 14.7. The van der Waals surface area contributed by atoms with E-state index in [0.29, 0.717) is 6.42 Å². The van der Waals surface area contributed by atoms with Crippen LogP contribution in [-0.2, 0) is 19.1 Å². The highest BCUT2D eigenvalue weighted by Gasteiger charge is 2.47. The number of carbonyl (C=O) groups is 3. The number of nitrogens with one attached hydrogen (secondary N) is 2. The molecule has 0 saturated carbocycles. The normalized spacial score (nSPS) is 21.6. The molecule has 8 nitrogen and oxygen atoms in total. The van der Waals surface area contributed by atoms with Crippen LogP contribution in [0, 0.1) is 11.3 Å². The van der Waals surface area contributed by atoms with E-state index in [2.05, 4.69) is 34.9 Å². The first kappa shape index (κ1) is 24.7. The van der Waals surface area contributed by atoms with Crippen molar-refractivity contribution in [1.82, 2.24) is 10.6 Å². The fourth-order valence-corrected chi connectivity index (χ4v) is 4.93. The zero-order valence-electron chi connectivity index (χ0n) is 20.1. The van der Waals surface area contributed by atoms with Crippen molar-refractivity contribution in [3.05, 3.63) is 59.7 Å². The summed E-state index contributed by atoms with van der Waals surface area (Å²) in [7, 11) is 0. The highest BCUT2D eigenvalue weighted by molar-refractivity contribution is 5.84. The number of benzene rings is 2. The number of carboxylic acids is 1. The van der Waals surface area contributed by atoms with Crippen molar-refractivity contribution < 1.29 is 29.0 Å². The quantitative estimate of drug-likeness (QED) is 0.506. The largest absolute Gasteiger partial charge is 0.481 e. The van der Waals surface area contributed by atoms with E-state index >= 15 is 0 Å². The number of carbonyl (C=O) groups excluding carboxylic acids is 2. The number of aliphatic carboxylic acids is 1. The van der Waals surface area contributed by atoms with Gasteiger partial charge in [0, 0.05) is 18.9 Å². The number of hydrogen-bond donors (Lipinski definition) is 3. The van der Waals surface area contributed by atoms with Gasteiger partial charge in [0.25, 0.3) is 0 Å². The predicted molar refractivity (Wildman–Crippen MR) is 130 cm³/mol. The lowest BCUT2D eigenvalue weighted by Crippen LogP contribution is -2.54. The van der Waals surface area contributed by atoms with Gasteiger partial charge in [-0.1, -0.05) is 61.9 Å². The molecule has 0 spiro atoms. The maximum Gasteiger partial charge on any atom is 0.407 e. The second kappa shape index (κ2) is 10.5. The molecule has 1 aliphatic carbocycles. The Morgan fingerprint density at radius 1 is 1.11 bits per heavy atom. The minimum Gasteiger partial charge on any atom is -0.481 e. The molecular formula is C27H32N2O6. The van der Waals surface area contributed by atoms with E-state index in [1.165, 1.54) is 0 Å². The van der Waals surface area contributed by atoms with Crippen LogP contribution in [0.3, 0.4) is 0 Å². The van der Waals surface area contributed by atoms with Gasteiger partial charge < -0.3 is 25.2 Å². The molecule has 0 bridgehead atoms. The summed E-state index contributed by atoms with van der Waals surface area (Å²) in [4.78, 5) is 36.7. The van der Waals surface area contributed by atoms with E-state index < -0.39 is 23.5 Å². The summed E-state index contributed by atoms with van der Waals surface area (Å²) >= 11 is 0. The number of rotatable bonds is 9. The number of amides is 2. The molecular weight excluding hydrogens is 448 g/mol. The third kappa shape index (κ3) is 5.17. The molecule has 2 aliphatic rings. The van der Waals surface area contributed by atoms with Crippen molar-refractivity contribution in [2.45, 2.75) is 38.6 Å². The van der Waals surface area contributed by atoms with E-state index in [1.54, 1.807) is 6.92 Å². The summed E-state index contributed by atoms with van der Waals surface area (Å²) in [5.74, 6) is -1.38. The molecule has 4 rings (SSSR count). The van der Waals surface area contributed by atoms with Crippen LogP contribution in [0.4, 0.5) is 4.79 Å². The van der Waals surface area contributed by atoms with Crippen molar-refractivity contribution >= 4 is 18.0 Å². The second-order valence-corrected chi connectivity index (χ2v) is 9.54. The van der Waals surface area contributed by atoms with E-state index in [0.717, 1.165) is 22.3 Å². The summed E-state index contributed by atoms with van der Waals surface area (Å²) in [6.07, 6.45) is 0.0332. The first-order valence-corrected chi connectivity index (χ1v) is 12.0. The Balaban J connectivity index is 1.36. The SMILES string of the molecule is CCC(CNC(=O)C1(C)COCC1NC(=O)OCC1c2ccccc2-c2ccccc21)CC(=O)O. The smallest absolute Gasteiger partial charge is 0.407 e. The fraction of sp³-hybridized carbons (Fsp3) is 0.444. The number of alkyl carbamates (subject to hydrolysis) is 1. The lowest BCUT2D eigenvalue weighted by atomic mass is 9.84. The van der Waals surface area contributed by atoms with Gasteiger partial charge in [-0.2, -0.15) is 0 Å². The zero-order valence-corrected chi connectivity index (χ0v) is 20.1. The van der Waals surface area contributed by atoms with Gasteiger partial charge in [-0.3, -0.25) is 9.59 Å². The maximum atomic E-state index is 13.0. The van der Waals surface area contributed by atoms with Gasteiger partial charge in [-0.15, -0.1) is 0 Å². The number of ether oxygens (including phenoxy) is 2. The topological polar surface area (TPSA) is 114 Å². The fourth-order valence-electron chi connectivity index (χ4n) is 4.93. The van der Waals surface area contributed by atoms with E-state index in [9.17, 15) is 14.4 Å². The molecule has 0 radical (unpaired) electrons. The van der Waals surface area contributed by atoms with Gasteiger partial charge in [0.15, 0.2) is 0 Å². The average molecular weight is 481 g/mol. The summed E-state index contributed by atoms with van der Waals surface area (Å²) in [6, 6.07) is 15.7. The molecule has 1 heterocycles. The Hall–Kier alpha value is -3.39.